The smallest absolute Gasteiger partial charge is 0.280 e. The highest BCUT2D eigenvalue weighted by molar-refractivity contribution is 7.99. The van der Waals surface area contributed by atoms with Crippen LogP contribution in [0.15, 0.2) is 46.6 Å². The van der Waals surface area contributed by atoms with E-state index in [0.717, 1.165) is 5.69 Å². The van der Waals surface area contributed by atoms with E-state index >= 15 is 0 Å². The van der Waals surface area contributed by atoms with Crippen LogP contribution in [0.3, 0.4) is 0 Å². The molecule has 0 aliphatic carbocycles. The monoisotopic (exact) mass is 330 g/mol. The van der Waals surface area contributed by atoms with Crippen molar-refractivity contribution in [1.29, 1.82) is 0 Å². The van der Waals surface area contributed by atoms with Crippen molar-refractivity contribution in [2.45, 2.75) is 12.1 Å². The fraction of sp³-hybridized carbons (Fsp3) is 0.133. The molecule has 2 heterocycles. The Hall–Kier alpha value is -2.23. The van der Waals surface area contributed by atoms with Gasteiger partial charge >= 0.3 is 5.56 Å². The third-order valence-electron chi connectivity index (χ3n) is 2.99. The summed E-state index contributed by atoms with van der Waals surface area (Å²) < 4.78 is 3.19. The molecule has 0 radical (unpaired) electrons. The summed E-state index contributed by atoms with van der Waals surface area (Å²) in [6.07, 6.45) is 3.46. The molecule has 0 saturated carbocycles. The van der Waals surface area contributed by atoms with Crippen LogP contribution in [-0.2, 0) is 0 Å². The molecule has 110 valence electrons. The molecule has 5 nitrogen and oxygen atoms in total. The Kier molecular flexibility index (Phi) is 4.18. The summed E-state index contributed by atoms with van der Waals surface area (Å²) in [6, 6.07) is 7.04. The second kappa shape index (κ2) is 6.26. The third kappa shape index (κ3) is 2.73. The minimum atomic E-state index is -0.231. The molecule has 0 aliphatic heterocycles. The Morgan fingerprint density at radius 3 is 2.73 bits per heavy atom. The van der Waals surface area contributed by atoms with Gasteiger partial charge in [0.05, 0.1) is 5.75 Å². The maximum absolute atomic E-state index is 12.5. The Morgan fingerprint density at radius 2 is 2.00 bits per heavy atom. The second-order valence-corrected chi connectivity index (χ2v) is 5.72. The van der Waals surface area contributed by atoms with E-state index in [2.05, 4.69) is 22.0 Å². The molecule has 0 fully saturated rings. The maximum atomic E-state index is 12.5. The van der Waals surface area contributed by atoms with E-state index in [4.69, 9.17) is 11.6 Å². The van der Waals surface area contributed by atoms with E-state index in [-0.39, 0.29) is 11.2 Å². The minimum absolute atomic E-state index is 0.231. The largest absolute Gasteiger partial charge is 0.300 e. The normalized spacial score (nSPS) is 10.5. The summed E-state index contributed by atoms with van der Waals surface area (Å²) in [5.41, 5.74) is 0.779. The number of hydrogen-bond acceptors (Lipinski definition) is 4. The lowest BCUT2D eigenvalue weighted by Crippen LogP contribution is -2.20. The Balaban J connectivity index is 2.05. The van der Waals surface area contributed by atoms with Gasteiger partial charge in [-0.25, -0.2) is 0 Å². The number of rotatable bonds is 3. The second-order valence-electron chi connectivity index (χ2n) is 4.34. The highest BCUT2D eigenvalue weighted by atomic mass is 35.5. The van der Waals surface area contributed by atoms with Gasteiger partial charge in [0.1, 0.15) is 0 Å². The van der Waals surface area contributed by atoms with Crippen LogP contribution in [0.4, 0.5) is 0 Å². The first-order chi connectivity index (χ1) is 10.7. The zero-order chi connectivity index (χ0) is 15.5. The first-order valence-electron chi connectivity index (χ1n) is 6.45. The number of thioether (sulfide) groups is 1. The molecule has 3 aromatic rings. The average molecular weight is 331 g/mol. The van der Waals surface area contributed by atoms with Crippen LogP contribution >= 0.6 is 23.4 Å². The van der Waals surface area contributed by atoms with Crippen molar-refractivity contribution in [2.75, 3.05) is 5.75 Å². The van der Waals surface area contributed by atoms with Crippen LogP contribution in [0.5, 0.6) is 0 Å². The van der Waals surface area contributed by atoms with Gasteiger partial charge in [-0.2, -0.15) is 0 Å². The van der Waals surface area contributed by atoms with Crippen molar-refractivity contribution in [3.05, 3.63) is 52.0 Å². The highest BCUT2D eigenvalue weighted by Gasteiger charge is 2.11. The number of benzene rings is 1. The van der Waals surface area contributed by atoms with E-state index in [1.54, 1.807) is 48.0 Å². The van der Waals surface area contributed by atoms with Crippen LogP contribution in [0.25, 0.3) is 11.3 Å². The molecule has 1 aromatic carbocycles. The fourth-order valence-electron chi connectivity index (χ4n) is 1.94. The van der Waals surface area contributed by atoms with Gasteiger partial charge < -0.3 is 0 Å². The number of halogens is 1. The number of fused-ring (bicyclic) bond motifs is 1. The Morgan fingerprint density at radius 1 is 1.23 bits per heavy atom. The summed E-state index contributed by atoms with van der Waals surface area (Å²) in [5.74, 6) is 6.37. The Bertz CT molecular complexity index is 934. The SMILES string of the molecule is CC#CCSc1nnc2c(=O)n(-c3ccc(Cl)cc3)ccn12. The molecule has 22 heavy (non-hydrogen) atoms. The summed E-state index contributed by atoms with van der Waals surface area (Å²) >= 11 is 7.31. The van der Waals surface area contributed by atoms with Gasteiger partial charge in [-0.3, -0.25) is 13.8 Å². The molecular formula is C15H11ClN4OS. The molecule has 0 spiro atoms. The summed E-state index contributed by atoms with van der Waals surface area (Å²) in [5, 5.41) is 9.31. The predicted molar refractivity (Wildman–Crippen MR) is 87.8 cm³/mol. The van der Waals surface area contributed by atoms with Gasteiger partial charge in [-0.05, 0) is 31.2 Å². The van der Waals surface area contributed by atoms with Gasteiger partial charge in [0.2, 0.25) is 5.65 Å². The van der Waals surface area contributed by atoms with Crippen LogP contribution < -0.4 is 5.56 Å². The molecule has 7 heteroatoms. The molecule has 0 amide bonds. The lowest BCUT2D eigenvalue weighted by atomic mass is 10.3. The number of hydrogen-bond donors (Lipinski definition) is 0. The molecule has 3 rings (SSSR count). The average Bonchev–Trinajstić information content (AvgIpc) is 2.93. The standard InChI is InChI=1S/C15H11ClN4OS/c1-2-3-10-22-15-18-17-13-14(21)19(8-9-20(13)15)12-6-4-11(16)5-7-12/h4-9H,10H2,1H3. The summed E-state index contributed by atoms with van der Waals surface area (Å²) in [4.78, 5) is 12.5. The minimum Gasteiger partial charge on any atom is -0.280 e. The number of aromatic nitrogens is 4. The van der Waals surface area contributed by atoms with Crippen molar-refractivity contribution in [2.24, 2.45) is 0 Å². The molecule has 0 N–H and O–H groups in total. The molecule has 0 unspecified atom stereocenters. The molecule has 0 saturated heterocycles. The van der Waals surface area contributed by atoms with Gasteiger partial charge in [-0.1, -0.05) is 29.3 Å². The summed E-state index contributed by atoms with van der Waals surface area (Å²) in [6.45, 7) is 1.78. The molecule has 2 aromatic heterocycles. The zero-order valence-corrected chi connectivity index (χ0v) is 13.2. The van der Waals surface area contributed by atoms with Crippen molar-refractivity contribution < 1.29 is 0 Å². The van der Waals surface area contributed by atoms with Crippen LogP contribution in [0.1, 0.15) is 6.92 Å². The van der Waals surface area contributed by atoms with Crippen LogP contribution in [0, 0.1) is 11.8 Å². The molecule has 0 aliphatic rings. The van der Waals surface area contributed by atoms with Gasteiger partial charge in [0.15, 0.2) is 5.16 Å². The fourth-order valence-corrected chi connectivity index (χ4v) is 2.80. The van der Waals surface area contributed by atoms with Gasteiger partial charge in [-0.15, -0.1) is 16.1 Å². The predicted octanol–water partition coefficient (Wildman–Crippen LogP) is 2.65. The topological polar surface area (TPSA) is 52.2 Å². The number of nitrogens with zero attached hydrogens (tertiary/aromatic N) is 4. The van der Waals surface area contributed by atoms with Crippen LogP contribution in [-0.4, -0.2) is 24.9 Å². The third-order valence-corrected chi connectivity index (χ3v) is 4.07. The highest BCUT2D eigenvalue weighted by Crippen LogP contribution is 2.16. The molecule has 0 bridgehead atoms. The maximum Gasteiger partial charge on any atom is 0.300 e. The van der Waals surface area contributed by atoms with Crippen molar-refractivity contribution in [3.63, 3.8) is 0 Å². The van der Waals surface area contributed by atoms with Crippen molar-refractivity contribution >= 4 is 29.0 Å². The zero-order valence-electron chi connectivity index (χ0n) is 11.7. The van der Waals surface area contributed by atoms with Crippen molar-refractivity contribution in [1.82, 2.24) is 19.2 Å². The van der Waals surface area contributed by atoms with E-state index < -0.39 is 0 Å². The molecule has 0 atom stereocenters. The van der Waals surface area contributed by atoms with E-state index in [1.165, 1.54) is 16.3 Å². The van der Waals surface area contributed by atoms with E-state index in [0.29, 0.717) is 15.9 Å². The summed E-state index contributed by atoms with van der Waals surface area (Å²) in [7, 11) is 0. The molecular weight excluding hydrogens is 320 g/mol. The van der Waals surface area contributed by atoms with Crippen LogP contribution in [0.2, 0.25) is 5.02 Å². The first-order valence-corrected chi connectivity index (χ1v) is 7.82. The lowest BCUT2D eigenvalue weighted by Gasteiger charge is -2.06. The van der Waals surface area contributed by atoms with Crippen molar-refractivity contribution in [3.8, 4) is 17.5 Å². The van der Waals surface area contributed by atoms with E-state index in [9.17, 15) is 4.79 Å². The first kappa shape index (κ1) is 14.7. The van der Waals surface area contributed by atoms with Gasteiger partial charge in [0, 0.05) is 23.1 Å². The quantitative estimate of drug-likeness (QED) is 0.547. The van der Waals surface area contributed by atoms with Gasteiger partial charge in [0.25, 0.3) is 0 Å². The Labute approximate surface area is 135 Å². The van der Waals surface area contributed by atoms with E-state index in [1.807, 2.05) is 0 Å². The lowest BCUT2D eigenvalue weighted by molar-refractivity contribution is 0.894.